The first-order valence-electron chi connectivity index (χ1n) is 4.95. The fourth-order valence-electron chi connectivity index (χ4n) is 1.48. The van der Waals surface area contributed by atoms with Crippen LogP contribution in [0.4, 0.5) is 0 Å². The van der Waals surface area contributed by atoms with E-state index >= 15 is 0 Å². The number of hydrogen-bond donors (Lipinski definition) is 0. The monoisotopic (exact) mass is 178 g/mol. The summed E-state index contributed by atoms with van der Waals surface area (Å²) in [4.78, 5) is 0. The quantitative estimate of drug-likeness (QED) is 0.439. The first kappa shape index (κ1) is 12.2. The molecule has 0 aromatic carbocycles. The summed E-state index contributed by atoms with van der Waals surface area (Å²) in [5, 5.41) is 0. The van der Waals surface area contributed by atoms with Crippen LogP contribution in [0.25, 0.3) is 0 Å². The second-order valence-corrected chi connectivity index (χ2v) is 4.00. The lowest BCUT2D eigenvalue weighted by Crippen LogP contribution is -1.97. The molecule has 0 saturated heterocycles. The van der Waals surface area contributed by atoms with Crippen molar-refractivity contribution >= 4 is 0 Å². The molecular weight excluding hydrogens is 156 g/mol. The molecule has 0 aliphatic heterocycles. The standard InChI is InChI=1S/C13H22/c1-7-8-12(6)13(11(4)5)9-10(2)3/h7-8,11H,2,9H2,1,3-6H3/b8-7-,13-12-. The minimum atomic E-state index is 0.618. The van der Waals surface area contributed by atoms with Crippen LogP contribution in [0, 0.1) is 5.92 Å². The molecule has 0 aliphatic carbocycles. The van der Waals surface area contributed by atoms with Gasteiger partial charge in [-0.25, -0.2) is 0 Å². The summed E-state index contributed by atoms with van der Waals surface area (Å²) in [5.41, 5.74) is 4.14. The molecule has 0 radical (unpaired) electrons. The van der Waals surface area contributed by atoms with Crippen LogP contribution in [0.15, 0.2) is 35.5 Å². The zero-order valence-electron chi connectivity index (χ0n) is 9.65. The topological polar surface area (TPSA) is 0 Å². The van der Waals surface area contributed by atoms with Gasteiger partial charge in [0.1, 0.15) is 0 Å². The van der Waals surface area contributed by atoms with Crippen molar-refractivity contribution in [2.75, 3.05) is 0 Å². The molecule has 13 heavy (non-hydrogen) atoms. The average molecular weight is 178 g/mol. The van der Waals surface area contributed by atoms with Crippen molar-refractivity contribution in [3.8, 4) is 0 Å². The fourth-order valence-corrected chi connectivity index (χ4v) is 1.48. The SMILES string of the molecule is C=C(C)C/C(=C(C)/C=C\C)C(C)C. The Kier molecular flexibility index (Phi) is 5.45. The Morgan fingerprint density at radius 1 is 1.31 bits per heavy atom. The van der Waals surface area contributed by atoms with Gasteiger partial charge in [0.25, 0.3) is 0 Å². The van der Waals surface area contributed by atoms with Crippen LogP contribution in [-0.2, 0) is 0 Å². The molecule has 0 saturated carbocycles. The van der Waals surface area contributed by atoms with Gasteiger partial charge >= 0.3 is 0 Å². The minimum absolute atomic E-state index is 0.618. The van der Waals surface area contributed by atoms with Gasteiger partial charge in [0.05, 0.1) is 0 Å². The lowest BCUT2D eigenvalue weighted by molar-refractivity contribution is 0.730. The Hall–Kier alpha value is -0.780. The van der Waals surface area contributed by atoms with Crippen LogP contribution in [0.2, 0.25) is 0 Å². The highest BCUT2D eigenvalue weighted by Gasteiger charge is 2.05. The van der Waals surface area contributed by atoms with Crippen molar-refractivity contribution in [2.24, 2.45) is 5.92 Å². The van der Waals surface area contributed by atoms with Gasteiger partial charge in [0.2, 0.25) is 0 Å². The second-order valence-electron chi connectivity index (χ2n) is 4.00. The summed E-state index contributed by atoms with van der Waals surface area (Å²) >= 11 is 0. The molecule has 0 N–H and O–H groups in total. The van der Waals surface area contributed by atoms with Crippen molar-refractivity contribution in [1.82, 2.24) is 0 Å². The third-order valence-corrected chi connectivity index (χ3v) is 2.11. The summed E-state index contributed by atoms with van der Waals surface area (Å²) in [6, 6.07) is 0. The first-order chi connectivity index (χ1) is 5.99. The summed E-state index contributed by atoms with van der Waals surface area (Å²) < 4.78 is 0. The van der Waals surface area contributed by atoms with E-state index in [1.54, 1.807) is 0 Å². The number of hydrogen-bond acceptors (Lipinski definition) is 0. The molecule has 0 aromatic heterocycles. The minimum Gasteiger partial charge on any atom is -0.0998 e. The Labute approximate surface area is 83.0 Å². The molecule has 0 atom stereocenters. The van der Waals surface area contributed by atoms with E-state index in [-0.39, 0.29) is 0 Å². The number of allylic oxidation sites excluding steroid dienone is 5. The molecule has 0 aliphatic rings. The Morgan fingerprint density at radius 2 is 1.85 bits per heavy atom. The van der Waals surface area contributed by atoms with E-state index in [4.69, 9.17) is 0 Å². The van der Waals surface area contributed by atoms with Crippen LogP contribution < -0.4 is 0 Å². The lowest BCUT2D eigenvalue weighted by atomic mass is 9.92. The highest BCUT2D eigenvalue weighted by Crippen LogP contribution is 2.22. The van der Waals surface area contributed by atoms with Gasteiger partial charge in [0.15, 0.2) is 0 Å². The Bertz CT molecular complexity index is 226. The number of rotatable bonds is 4. The molecule has 0 fully saturated rings. The molecule has 0 heteroatoms. The maximum atomic E-state index is 3.96. The maximum absolute atomic E-state index is 3.96. The summed E-state index contributed by atoms with van der Waals surface area (Å²) in [6.07, 6.45) is 5.31. The van der Waals surface area contributed by atoms with E-state index in [0.717, 1.165) is 6.42 Å². The Balaban J connectivity index is 4.77. The molecule has 0 spiro atoms. The third kappa shape index (κ3) is 4.72. The van der Waals surface area contributed by atoms with E-state index in [0.29, 0.717) is 5.92 Å². The molecule has 0 nitrogen and oxygen atoms in total. The predicted octanol–water partition coefficient (Wildman–Crippen LogP) is 4.50. The van der Waals surface area contributed by atoms with E-state index < -0.39 is 0 Å². The summed E-state index contributed by atoms with van der Waals surface area (Å²) in [7, 11) is 0. The van der Waals surface area contributed by atoms with Crippen LogP contribution >= 0.6 is 0 Å². The molecule has 74 valence electrons. The van der Waals surface area contributed by atoms with Gasteiger partial charge in [-0.1, -0.05) is 49.3 Å². The van der Waals surface area contributed by atoms with Crippen LogP contribution in [0.1, 0.15) is 41.0 Å². The van der Waals surface area contributed by atoms with E-state index in [1.807, 2.05) is 0 Å². The zero-order chi connectivity index (χ0) is 10.4. The predicted molar refractivity (Wildman–Crippen MR) is 61.8 cm³/mol. The smallest absolute Gasteiger partial charge is 0.0106 e. The van der Waals surface area contributed by atoms with E-state index in [1.165, 1.54) is 16.7 Å². The van der Waals surface area contributed by atoms with Gasteiger partial charge in [0, 0.05) is 0 Å². The van der Waals surface area contributed by atoms with Gasteiger partial charge in [-0.3, -0.25) is 0 Å². The van der Waals surface area contributed by atoms with Crippen molar-refractivity contribution in [2.45, 2.75) is 41.0 Å². The largest absolute Gasteiger partial charge is 0.0998 e. The maximum Gasteiger partial charge on any atom is -0.0106 e. The van der Waals surface area contributed by atoms with Crippen molar-refractivity contribution in [1.29, 1.82) is 0 Å². The fraction of sp³-hybridized carbons (Fsp3) is 0.538. The zero-order valence-corrected chi connectivity index (χ0v) is 9.65. The van der Waals surface area contributed by atoms with Crippen LogP contribution in [-0.4, -0.2) is 0 Å². The van der Waals surface area contributed by atoms with E-state index in [9.17, 15) is 0 Å². The molecule has 0 rings (SSSR count). The van der Waals surface area contributed by atoms with Gasteiger partial charge in [-0.2, -0.15) is 0 Å². The summed E-state index contributed by atoms with van der Waals surface area (Å²) in [5.74, 6) is 0.618. The summed E-state index contributed by atoms with van der Waals surface area (Å²) in [6.45, 7) is 14.8. The van der Waals surface area contributed by atoms with Crippen molar-refractivity contribution in [3.05, 3.63) is 35.5 Å². The van der Waals surface area contributed by atoms with Crippen LogP contribution in [0.5, 0.6) is 0 Å². The van der Waals surface area contributed by atoms with Crippen molar-refractivity contribution < 1.29 is 0 Å². The van der Waals surface area contributed by atoms with Crippen molar-refractivity contribution in [3.63, 3.8) is 0 Å². The highest BCUT2D eigenvalue weighted by atomic mass is 14.1. The Morgan fingerprint density at radius 3 is 2.15 bits per heavy atom. The second kappa shape index (κ2) is 5.80. The highest BCUT2D eigenvalue weighted by molar-refractivity contribution is 5.27. The van der Waals surface area contributed by atoms with Crippen LogP contribution in [0.3, 0.4) is 0 Å². The van der Waals surface area contributed by atoms with E-state index in [2.05, 4.69) is 53.3 Å². The molecule has 0 unspecified atom stereocenters. The first-order valence-corrected chi connectivity index (χ1v) is 4.95. The molecular formula is C13H22. The molecule has 0 aromatic rings. The molecule has 0 heterocycles. The van der Waals surface area contributed by atoms with Gasteiger partial charge < -0.3 is 0 Å². The molecule has 0 amide bonds. The van der Waals surface area contributed by atoms with Gasteiger partial charge in [-0.05, 0) is 33.1 Å². The van der Waals surface area contributed by atoms with Gasteiger partial charge in [-0.15, -0.1) is 0 Å². The normalized spacial score (nSPS) is 13.7. The lowest BCUT2D eigenvalue weighted by Gasteiger charge is -2.14. The average Bonchev–Trinajstić information content (AvgIpc) is 1.99. The molecule has 0 bridgehead atoms. The third-order valence-electron chi connectivity index (χ3n) is 2.11.